The highest BCUT2D eigenvalue weighted by Crippen LogP contribution is 2.27. The van der Waals surface area contributed by atoms with Crippen LogP contribution in [-0.4, -0.2) is 28.5 Å². The average molecular weight is 439 g/mol. The number of fused-ring (bicyclic) bond motifs is 1. The van der Waals surface area contributed by atoms with Crippen LogP contribution in [0.25, 0.3) is 10.2 Å². The van der Waals surface area contributed by atoms with Gasteiger partial charge in [-0.25, -0.2) is 9.59 Å². The molecule has 1 amide bonds. The Morgan fingerprint density at radius 3 is 2.61 bits per heavy atom. The zero-order valence-electron chi connectivity index (χ0n) is 16.6. The van der Waals surface area contributed by atoms with Crippen LogP contribution in [0.5, 0.6) is 0 Å². The normalized spacial score (nSPS) is 10.9. The standard InChI is InChI=1S/C21H17N3O6S/c1-11-15-18(31-16(11)17(25)22-12-6-4-3-5-7-12)23-21(28)24(19(15)26)10-13-8-9-14(30-13)20(27)29-2/h3-9H,10H2,1-2H3,(H,22,25)(H,23,28). The van der Waals surface area contributed by atoms with Crippen molar-refractivity contribution in [3.05, 3.63) is 85.3 Å². The lowest BCUT2D eigenvalue weighted by Crippen LogP contribution is -2.35. The second kappa shape index (κ2) is 8.07. The molecule has 0 aliphatic carbocycles. The van der Waals surface area contributed by atoms with E-state index in [1.165, 1.54) is 19.2 Å². The summed E-state index contributed by atoms with van der Waals surface area (Å²) in [5, 5.41) is 3.03. The molecule has 3 heterocycles. The molecule has 0 fully saturated rings. The Balaban J connectivity index is 1.71. The summed E-state index contributed by atoms with van der Waals surface area (Å²) < 4.78 is 10.9. The van der Waals surface area contributed by atoms with Crippen LogP contribution in [0.15, 0.2) is 56.5 Å². The first kappa shape index (κ1) is 20.4. The molecule has 0 saturated heterocycles. The first-order chi connectivity index (χ1) is 14.9. The van der Waals surface area contributed by atoms with Crippen LogP contribution in [0.4, 0.5) is 5.69 Å². The fourth-order valence-corrected chi connectivity index (χ4v) is 4.23. The highest BCUT2D eigenvalue weighted by atomic mass is 32.1. The van der Waals surface area contributed by atoms with E-state index in [1.54, 1.807) is 31.2 Å². The van der Waals surface area contributed by atoms with E-state index in [4.69, 9.17) is 4.42 Å². The summed E-state index contributed by atoms with van der Waals surface area (Å²) in [7, 11) is 1.22. The Hall–Kier alpha value is -3.92. The van der Waals surface area contributed by atoms with E-state index >= 15 is 0 Å². The largest absolute Gasteiger partial charge is 0.463 e. The van der Waals surface area contributed by atoms with E-state index in [2.05, 4.69) is 15.0 Å². The van der Waals surface area contributed by atoms with Crippen LogP contribution in [0.2, 0.25) is 0 Å². The molecule has 3 aromatic heterocycles. The SMILES string of the molecule is COC(=O)c1ccc(Cn2c(=O)[nH]c3sc(C(=O)Nc4ccccc4)c(C)c3c2=O)o1. The Morgan fingerprint density at radius 2 is 1.90 bits per heavy atom. The zero-order valence-corrected chi connectivity index (χ0v) is 17.4. The number of nitrogens with one attached hydrogen (secondary N) is 2. The van der Waals surface area contributed by atoms with Gasteiger partial charge in [0.25, 0.3) is 11.5 Å². The number of methoxy groups -OCH3 is 1. The number of nitrogens with zero attached hydrogens (tertiary/aromatic N) is 1. The molecule has 0 aliphatic rings. The summed E-state index contributed by atoms with van der Waals surface area (Å²) in [6, 6.07) is 11.8. The number of benzene rings is 1. The second-order valence-corrected chi connectivity index (χ2v) is 7.68. The number of hydrogen-bond donors (Lipinski definition) is 2. The van der Waals surface area contributed by atoms with E-state index in [0.29, 0.717) is 21.0 Å². The Bertz CT molecular complexity index is 1410. The maximum absolute atomic E-state index is 13.1. The molecule has 0 unspecified atom stereocenters. The van der Waals surface area contributed by atoms with E-state index in [0.717, 1.165) is 15.9 Å². The number of carbonyl (C=O) groups excluding carboxylic acids is 2. The van der Waals surface area contributed by atoms with Crippen molar-refractivity contribution in [2.75, 3.05) is 12.4 Å². The van der Waals surface area contributed by atoms with E-state index in [9.17, 15) is 19.2 Å². The Morgan fingerprint density at radius 1 is 1.16 bits per heavy atom. The number of aryl methyl sites for hydroxylation is 1. The number of thiophene rings is 1. The molecule has 0 atom stereocenters. The Labute approximate surface area is 178 Å². The van der Waals surface area contributed by atoms with E-state index in [1.807, 2.05) is 6.07 Å². The van der Waals surface area contributed by atoms with Crippen LogP contribution in [0, 0.1) is 6.92 Å². The lowest BCUT2D eigenvalue weighted by Gasteiger charge is -2.04. The lowest BCUT2D eigenvalue weighted by atomic mass is 10.2. The zero-order chi connectivity index (χ0) is 22.1. The molecule has 0 aliphatic heterocycles. The van der Waals surface area contributed by atoms with Gasteiger partial charge in [-0.2, -0.15) is 0 Å². The summed E-state index contributed by atoms with van der Waals surface area (Å²) in [5.74, 6) is -0.826. The summed E-state index contributed by atoms with van der Waals surface area (Å²) in [6.07, 6.45) is 0. The van der Waals surface area contributed by atoms with Crippen LogP contribution in [-0.2, 0) is 11.3 Å². The minimum absolute atomic E-state index is 0.0327. The van der Waals surface area contributed by atoms with Gasteiger partial charge in [0.15, 0.2) is 0 Å². The number of H-pyrrole nitrogens is 1. The third-order valence-corrected chi connectivity index (χ3v) is 5.88. The van der Waals surface area contributed by atoms with E-state index in [-0.39, 0.29) is 29.4 Å². The number of para-hydroxylation sites is 1. The van der Waals surface area contributed by atoms with Crippen molar-refractivity contribution < 1.29 is 18.7 Å². The number of ether oxygens (including phenoxy) is 1. The quantitative estimate of drug-likeness (QED) is 0.461. The number of rotatable bonds is 5. The van der Waals surface area contributed by atoms with Crippen molar-refractivity contribution in [3.8, 4) is 0 Å². The number of hydrogen-bond acceptors (Lipinski definition) is 7. The topological polar surface area (TPSA) is 123 Å². The minimum Gasteiger partial charge on any atom is -0.463 e. The predicted molar refractivity (Wildman–Crippen MR) is 115 cm³/mol. The van der Waals surface area contributed by atoms with Crippen molar-refractivity contribution in [2.24, 2.45) is 0 Å². The maximum atomic E-state index is 13.1. The van der Waals surface area contributed by atoms with Gasteiger partial charge < -0.3 is 14.5 Å². The fraction of sp³-hybridized carbons (Fsp3) is 0.143. The van der Waals surface area contributed by atoms with Crippen LogP contribution < -0.4 is 16.6 Å². The molecule has 4 rings (SSSR count). The molecule has 0 saturated carbocycles. The predicted octanol–water partition coefficient (Wildman–Crippen LogP) is 2.74. The van der Waals surface area contributed by atoms with Crippen LogP contribution in [0.1, 0.15) is 31.6 Å². The monoisotopic (exact) mass is 439 g/mol. The summed E-state index contributed by atoms with van der Waals surface area (Å²) in [6.45, 7) is 1.48. The maximum Gasteiger partial charge on any atom is 0.373 e. The van der Waals surface area contributed by atoms with Gasteiger partial charge in [-0.05, 0) is 36.8 Å². The highest BCUT2D eigenvalue weighted by Gasteiger charge is 2.21. The van der Waals surface area contributed by atoms with Crippen molar-refractivity contribution in [1.82, 2.24) is 9.55 Å². The first-order valence-electron chi connectivity index (χ1n) is 9.18. The highest BCUT2D eigenvalue weighted by molar-refractivity contribution is 7.20. The number of anilines is 1. The molecule has 1 aromatic carbocycles. The summed E-state index contributed by atoms with van der Waals surface area (Å²) in [5.41, 5.74) is -0.111. The van der Waals surface area contributed by atoms with Gasteiger partial charge in [0, 0.05) is 5.69 Å². The molecule has 10 heteroatoms. The molecule has 158 valence electrons. The van der Waals surface area contributed by atoms with Gasteiger partial charge in [-0.1, -0.05) is 18.2 Å². The fourth-order valence-electron chi connectivity index (χ4n) is 3.15. The average Bonchev–Trinajstić information content (AvgIpc) is 3.36. The third kappa shape index (κ3) is 3.80. The smallest absolute Gasteiger partial charge is 0.373 e. The van der Waals surface area contributed by atoms with Crippen LogP contribution in [0.3, 0.4) is 0 Å². The Kier molecular flexibility index (Phi) is 5.30. The van der Waals surface area contributed by atoms with Crippen molar-refractivity contribution >= 4 is 39.1 Å². The van der Waals surface area contributed by atoms with Gasteiger partial charge in [-0.15, -0.1) is 11.3 Å². The molecule has 0 spiro atoms. The van der Waals surface area contributed by atoms with Crippen molar-refractivity contribution in [3.63, 3.8) is 0 Å². The second-order valence-electron chi connectivity index (χ2n) is 6.66. The molecule has 0 radical (unpaired) electrons. The molecule has 31 heavy (non-hydrogen) atoms. The number of amides is 1. The molecule has 2 N–H and O–H groups in total. The number of aromatic amines is 1. The van der Waals surface area contributed by atoms with Gasteiger partial charge in [0.2, 0.25) is 5.76 Å². The van der Waals surface area contributed by atoms with Gasteiger partial charge in [0.05, 0.1) is 23.9 Å². The molecule has 0 bridgehead atoms. The van der Waals surface area contributed by atoms with Gasteiger partial charge >= 0.3 is 11.7 Å². The van der Waals surface area contributed by atoms with Crippen LogP contribution >= 0.6 is 11.3 Å². The number of furan rings is 1. The minimum atomic E-state index is -0.661. The molecular weight excluding hydrogens is 422 g/mol. The lowest BCUT2D eigenvalue weighted by molar-refractivity contribution is 0.0562. The van der Waals surface area contributed by atoms with Crippen molar-refractivity contribution in [2.45, 2.75) is 13.5 Å². The molecular formula is C21H17N3O6S. The van der Waals surface area contributed by atoms with Gasteiger partial charge in [-0.3, -0.25) is 19.1 Å². The molecule has 9 nitrogen and oxygen atoms in total. The number of carbonyl (C=O) groups is 2. The first-order valence-corrected chi connectivity index (χ1v) is 10.0. The number of esters is 1. The summed E-state index contributed by atoms with van der Waals surface area (Å²) in [4.78, 5) is 53.1. The summed E-state index contributed by atoms with van der Waals surface area (Å²) >= 11 is 1.04. The van der Waals surface area contributed by atoms with E-state index < -0.39 is 17.2 Å². The van der Waals surface area contributed by atoms with Gasteiger partial charge in [0.1, 0.15) is 10.6 Å². The molecule has 4 aromatic rings. The number of aromatic nitrogens is 2. The van der Waals surface area contributed by atoms with Crippen molar-refractivity contribution in [1.29, 1.82) is 0 Å². The third-order valence-electron chi connectivity index (χ3n) is 4.67.